The third-order valence-corrected chi connectivity index (χ3v) is 5.80. The number of benzene rings is 2. The summed E-state index contributed by atoms with van der Waals surface area (Å²) < 4.78 is 10.5. The molecule has 8 heteroatoms. The van der Waals surface area contributed by atoms with Crippen LogP contribution in [-0.4, -0.2) is 46.5 Å². The van der Waals surface area contributed by atoms with Crippen molar-refractivity contribution in [2.24, 2.45) is 0 Å². The lowest BCUT2D eigenvalue weighted by molar-refractivity contribution is -0.155. The van der Waals surface area contributed by atoms with Gasteiger partial charge in [0.15, 0.2) is 0 Å². The summed E-state index contributed by atoms with van der Waals surface area (Å²) >= 11 is 0. The van der Waals surface area contributed by atoms with Crippen molar-refractivity contribution in [3.63, 3.8) is 0 Å². The topological polar surface area (TPSA) is 105 Å². The highest BCUT2D eigenvalue weighted by Crippen LogP contribution is 2.48. The molecule has 1 unspecified atom stereocenters. The van der Waals surface area contributed by atoms with Crippen LogP contribution in [0, 0.1) is 0 Å². The zero-order chi connectivity index (χ0) is 25.1. The number of fused-ring (bicyclic) bond motifs is 3. The van der Waals surface area contributed by atoms with Gasteiger partial charge in [0.2, 0.25) is 5.66 Å². The van der Waals surface area contributed by atoms with E-state index < -0.39 is 35.5 Å². The lowest BCUT2D eigenvalue weighted by Gasteiger charge is -2.43. The van der Waals surface area contributed by atoms with Gasteiger partial charge in [-0.1, -0.05) is 61.9 Å². The van der Waals surface area contributed by atoms with Crippen molar-refractivity contribution >= 4 is 18.2 Å². The van der Waals surface area contributed by atoms with Crippen LogP contribution < -0.4 is 5.32 Å². The molecule has 2 aromatic rings. The number of hydrogen-bond donors (Lipinski definition) is 2. The van der Waals surface area contributed by atoms with Crippen LogP contribution in [-0.2, 0) is 14.3 Å². The lowest BCUT2D eigenvalue weighted by atomic mass is 9.94. The molecule has 34 heavy (non-hydrogen) atoms. The number of carboxylic acids is 1. The van der Waals surface area contributed by atoms with E-state index >= 15 is 0 Å². The van der Waals surface area contributed by atoms with E-state index in [4.69, 9.17) is 9.47 Å². The van der Waals surface area contributed by atoms with Crippen LogP contribution in [0.2, 0.25) is 0 Å². The molecule has 8 nitrogen and oxygen atoms in total. The van der Waals surface area contributed by atoms with Gasteiger partial charge in [0.25, 0.3) is 0 Å². The van der Waals surface area contributed by atoms with Crippen molar-refractivity contribution in [3.8, 4) is 11.1 Å². The van der Waals surface area contributed by atoms with Crippen LogP contribution in [0.4, 0.5) is 9.59 Å². The highest BCUT2D eigenvalue weighted by molar-refractivity contribution is 5.90. The molecule has 1 aliphatic carbocycles. The average Bonchev–Trinajstić information content (AvgIpc) is 3.10. The highest BCUT2D eigenvalue weighted by atomic mass is 16.6. The maximum Gasteiger partial charge on any atom is 0.412 e. The third-order valence-electron chi connectivity index (χ3n) is 5.80. The number of carbonyl (C=O) groups excluding carboxylic acids is 2. The van der Waals surface area contributed by atoms with E-state index in [9.17, 15) is 19.5 Å². The maximum absolute atomic E-state index is 13.3. The molecular formula is C26H32N2O6. The van der Waals surface area contributed by atoms with Crippen molar-refractivity contribution in [1.82, 2.24) is 10.2 Å². The Balaban J connectivity index is 2.24. The highest BCUT2D eigenvalue weighted by Gasteiger charge is 2.54. The molecule has 3 rings (SSSR count). The minimum atomic E-state index is -2.11. The fourth-order valence-corrected chi connectivity index (χ4v) is 4.40. The Morgan fingerprint density at radius 1 is 1.00 bits per heavy atom. The van der Waals surface area contributed by atoms with Crippen molar-refractivity contribution in [1.29, 1.82) is 0 Å². The van der Waals surface area contributed by atoms with Gasteiger partial charge in [0, 0.05) is 6.42 Å². The first-order valence-electron chi connectivity index (χ1n) is 11.4. The SMILES string of the molecule is CCCCC(NC(=O)OC(C)(C)C)(C(=O)O)N(C(=O)OC)C1c2ccccc2-c2ccccc21. The summed E-state index contributed by atoms with van der Waals surface area (Å²) in [5.41, 5.74) is 0.320. The van der Waals surface area contributed by atoms with Crippen LogP contribution in [0.3, 0.4) is 0 Å². The number of rotatable bonds is 7. The number of aliphatic carboxylic acids is 1. The number of carbonyl (C=O) groups is 3. The number of alkyl carbamates (subject to hydrolysis) is 1. The summed E-state index contributed by atoms with van der Waals surface area (Å²) in [6.45, 7) is 6.95. The van der Waals surface area contributed by atoms with E-state index in [1.165, 1.54) is 7.11 Å². The largest absolute Gasteiger partial charge is 0.478 e. The van der Waals surface area contributed by atoms with Crippen molar-refractivity contribution in [2.75, 3.05) is 7.11 Å². The number of carboxylic acid groups (broad SMARTS) is 1. The van der Waals surface area contributed by atoms with Gasteiger partial charge in [0.1, 0.15) is 5.60 Å². The van der Waals surface area contributed by atoms with E-state index in [0.717, 1.165) is 27.2 Å². The second-order valence-electron chi connectivity index (χ2n) is 9.31. The fourth-order valence-electron chi connectivity index (χ4n) is 4.40. The summed E-state index contributed by atoms with van der Waals surface area (Å²) in [6.07, 6.45) is -0.747. The van der Waals surface area contributed by atoms with E-state index in [2.05, 4.69) is 5.32 Å². The van der Waals surface area contributed by atoms with Crippen molar-refractivity contribution in [2.45, 2.75) is 64.3 Å². The van der Waals surface area contributed by atoms with Gasteiger partial charge in [-0.05, 0) is 49.4 Å². The number of amides is 2. The molecule has 0 aliphatic heterocycles. The number of methoxy groups -OCH3 is 1. The first-order chi connectivity index (χ1) is 16.1. The summed E-state index contributed by atoms with van der Waals surface area (Å²) in [6, 6.07) is 14.2. The predicted molar refractivity (Wildman–Crippen MR) is 127 cm³/mol. The Hall–Kier alpha value is -3.55. The number of unbranched alkanes of at least 4 members (excludes halogenated alkanes) is 1. The van der Waals surface area contributed by atoms with Crippen molar-refractivity contribution < 1.29 is 29.0 Å². The zero-order valence-electron chi connectivity index (χ0n) is 20.3. The molecule has 0 aromatic heterocycles. The van der Waals surface area contributed by atoms with Crippen LogP contribution >= 0.6 is 0 Å². The number of nitrogens with zero attached hydrogens (tertiary/aromatic N) is 1. The van der Waals surface area contributed by atoms with Gasteiger partial charge in [-0.3, -0.25) is 10.2 Å². The number of ether oxygens (including phenoxy) is 2. The quantitative estimate of drug-likeness (QED) is 0.533. The Bertz CT molecular complexity index is 1030. The molecule has 0 radical (unpaired) electrons. The summed E-state index contributed by atoms with van der Waals surface area (Å²) in [4.78, 5) is 40.3. The molecule has 0 bridgehead atoms. The second-order valence-corrected chi connectivity index (χ2v) is 9.31. The van der Waals surface area contributed by atoms with E-state index in [0.29, 0.717) is 12.8 Å². The van der Waals surface area contributed by atoms with E-state index in [-0.39, 0.29) is 6.42 Å². The average molecular weight is 469 g/mol. The molecule has 1 aliphatic rings. The first kappa shape index (κ1) is 25.1. The summed E-state index contributed by atoms with van der Waals surface area (Å²) in [5, 5.41) is 13.1. The van der Waals surface area contributed by atoms with E-state index in [1.807, 2.05) is 55.5 Å². The summed E-state index contributed by atoms with van der Waals surface area (Å²) in [5.74, 6) is -1.38. The Morgan fingerprint density at radius 3 is 1.97 bits per heavy atom. The number of hydrogen-bond acceptors (Lipinski definition) is 5. The van der Waals surface area contributed by atoms with Gasteiger partial charge in [-0.15, -0.1) is 0 Å². The van der Waals surface area contributed by atoms with Gasteiger partial charge in [0.05, 0.1) is 13.2 Å². The standard InChI is InChI=1S/C26H32N2O6/c1-6-7-16-26(22(29)30,27-23(31)34-25(2,3)4)28(24(32)33-5)21-19-14-10-8-12-17(19)18-13-9-11-15-20(18)21/h8-15,21H,6-7,16H2,1-5H3,(H,27,31)(H,29,30). The van der Waals surface area contributed by atoms with Crippen LogP contribution in [0.1, 0.15) is 64.1 Å². The molecule has 0 heterocycles. The van der Waals surface area contributed by atoms with Crippen LogP contribution in [0.5, 0.6) is 0 Å². The van der Waals surface area contributed by atoms with E-state index in [1.54, 1.807) is 20.8 Å². The second kappa shape index (κ2) is 9.75. The molecule has 0 saturated heterocycles. The Morgan fingerprint density at radius 2 is 1.53 bits per heavy atom. The minimum Gasteiger partial charge on any atom is -0.478 e. The Kier molecular flexibility index (Phi) is 7.19. The summed E-state index contributed by atoms with van der Waals surface area (Å²) in [7, 11) is 1.20. The molecule has 0 saturated carbocycles. The van der Waals surface area contributed by atoms with Gasteiger partial charge in [-0.25, -0.2) is 14.4 Å². The monoisotopic (exact) mass is 468 g/mol. The molecule has 2 amide bonds. The van der Waals surface area contributed by atoms with Crippen LogP contribution in [0.15, 0.2) is 48.5 Å². The lowest BCUT2D eigenvalue weighted by Crippen LogP contribution is -2.68. The molecule has 2 N–H and O–H groups in total. The normalized spacial score (nSPS) is 14.4. The Labute approximate surface area is 199 Å². The zero-order valence-corrected chi connectivity index (χ0v) is 20.3. The molecule has 0 fully saturated rings. The smallest absolute Gasteiger partial charge is 0.412 e. The molecule has 182 valence electrons. The maximum atomic E-state index is 13.3. The molecule has 1 atom stereocenters. The minimum absolute atomic E-state index is 0.0337. The first-order valence-corrected chi connectivity index (χ1v) is 11.4. The van der Waals surface area contributed by atoms with Crippen molar-refractivity contribution in [3.05, 3.63) is 59.7 Å². The van der Waals surface area contributed by atoms with Crippen LogP contribution in [0.25, 0.3) is 11.1 Å². The predicted octanol–water partition coefficient (Wildman–Crippen LogP) is 5.32. The third kappa shape index (κ3) is 4.71. The molecule has 0 spiro atoms. The number of nitrogens with one attached hydrogen (secondary N) is 1. The fraction of sp³-hybridized carbons (Fsp3) is 0.423. The van der Waals surface area contributed by atoms with Gasteiger partial charge >= 0.3 is 18.2 Å². The molecular weight excluding hydrogens is 436 g/mol. The van der Waals surface area contributed by atoms with Gasteiger partial charge in [-0.2, -0.15) is 0 Å². The molecule has 2 aromatic carbocycles. The van der Waals surface area contributed by atoms with Gasteiger partial charge < -0.3 is 14.6 Å².